The second-order valence-electron chi connectivity index (χ2n) is 0.287. The van der Waals surface area contributed by atoms with Gasteiger partial charge in [0.25, 0.3) is 9.26 Å². The monoisotopic (exact) mass is 131 g/mol. The molecule has 0 saturated carbocycles. The van der Waals surface area contributed by atoms with E-state index in [0.29, 0.717) is 0 Å². The van der Waals surface area contributed by atoms with E-state index in [9.17, 15) is 0 Å². The van der Waals surface area contributed by atoms with Crippen molar-refractivity contribution >= 4 is 19.4 Å². The Labute approximate surface area is 38.1 Å². The van der Waals surface area contributed by atoms with Gasteiger partial charge in [-0.1, -0.05) is 0 Å². The predicted octanol–water partition coefficient (Wildman–Crippen LogP) is -0.222. The van der Waals surface area contributed by atoms with Crippen LogP contribution in [0.15, 0.2) is 0 Å². The molecule has 6 heavy (non-hydrogen) atoms. The van der Waals surface area contributed by atoms with Crippen molar-refractivity contribution in [1.29, 1.82) is 4.78 Å². The standard InChI is InChI=1S/FH.HNO2S2/c;1-4-5(2)3/h1H;1H. The van der Waals surface area contributed by atoms with Crippen LogP contribution >= 0.6 is 0 Å². The quantitative estimate of drug-likeness (QED) is 0.494. The molecule has 0 unspecified atom stereocenters. The number of nitrogens with one attached hydrogen (secondary N) is 1. The molecule has 0 amide bonds. The Hall–Kier alpha value is -0.230. The average Bonchev–Trinajstić information content (AvgIpc) is 1.38. The summed E-state index contributed by atoms with van der Waals surface area (Å²) in [5.74, 6) is 0. The number of hydrogen-bond acceptors (Lipinski definition) is 3. The van der Waals surface area contributed by atoms with Crippen molar-refractivity contribution in [3.63, 3.8) is 0 Å². The fourth-order valence-corrected chi connectivity index (χ4v) is 0. The molecule has 0 saturated heterocycles. The fraction of sp³-hybridized carbons (Fsp3) is 0. The van der Waals surface area contributed by atoms with Crippen molar-refractivity contribution in [2.75, 3.05) is 0 Å². The highest BCUT2D eigenvalue weighted by Gasteiger charge is 1.41. The molecule has 38 valence electrons. The van der Waals surface area contributed by atoms with E-state index in [2.05, 4.69) is 0 Å². The van der Waals surface area contributed by atoms with Crippen molar-refractivity contribution < 1.29 is 13.1 Å². The van der Waals surface area contributed by atoms with E-state index in [1.807, 2.05) is 0 Å². The number of hydrogen-bond donors (Lipinski definition) is 1. The lowest BCUT2D eigenvalue weighted by atomic mass is 14.0. The normalized spacial score (nSPS) is 5.33. The van der Waals surface area contributed by atoms with Gasteiger partial charge < -0.3 is 0 Å². The van der Waals surface area contributed by atoms with Crippen LogP contribution in [0, 0.1) is 4.78 Å². The minimum absolute atomic E-state index is 0. The Morgan fingerprint density at radius 2 is 1.67 bits per heavy atom. The van der Waals surface area contributed by atoms with Crippen LogP contribution in [0.3, 0.4) is 0 Å². The molecule has 0 spiro atoms. The molecule has 6 heteroatoms. The second kappa shape index (κ2) is 4.77. The zero-order chi connectivity index (χ0) is 4.28. The van der Waals surface area contributed by atoms with Crippen LogP contribution in [0.4, 0.5) is 4.70 Å². The minimum atomic E-state index is -2.24. The van der Waals surface area contributed by atoms with Gasteiger partial charge >= 0.3 is 0 Å². The molecule has 0 aliphatic heterocycles. The van der Waals surface area contributed by atoms with Gasteiger partial charge in [0, 0.05) is 0 Å². The Balaban J connectivity index is 0. The third-order valence-electron chi connectivity index (χ3n) is 0.0680. The molecule has 0 aliphatic carbocycles. The maximum Gasteiger partial charge on any atom is 0.290 e. The third-order valence-corrected chi connectivity index (χ3v) is 0.612. The van der Waals surface area contributed by atoms with E-state index < -0.39 is 9.26 Å². The van der Waals surface area contributed by atoms with Gasteiger partial charge in [-0.25, -0.2) is 4.78 Å². The summed E-state index contributed by atoms with van der Waals surface area (Å²) in [6.45, 7) is 0. The van der Waals surface area contributed by atoms with Crippen LogP contribution in [-0.4, -0.2) is 8.42 Å². The molecule has 0 aromatic heterocycles. The number of rotatable bonds is 0. The van der Waals surface area contributed by atoms with Crippen LogP contribution < -0.4 is 0 Å². The summed E-state index contributed by atoms with van der Waals surface area (Å²) >= 11 is 0. The van der Waals surface area contributed by atoms with Crippen LogP contribution in [0.25, 0.3) is 0 Å². The molecule has 0 heterocycles. The first-order valence-electron chi connectivity index (χ1n) is 0.704. The first kappa shape index (κ1) is 9.24. The Kier molecular flexibility index (Phi) is 7.34. The van der Waals surface area contributed by atoms with E-state index in [-0.39, 0.29) is 14.8 Å². The molecular formula is H2FNO2S2. The highest BCUT2D eigenvalue weighted by Crippen LogP contribution is 1.25. The van der Waals surface area contributed by atoms with Crippen molar-refractivity contribution in [2.45, 2.75) is 0 Å². The highest BCUT2D eigenvalue weighted by atomic mass is 32.8. The molecule has 0 rings (SSSR count). The van der Waals surface area contributed by atoms with Crippen LogP contribution in [0.2, 0.25) is 0 Å². The van der Waals surface area contributed by atoms with Gasteiger partial charge in [-0.3, -0.25) is 4.70 Å². The van der Waals surface area contributed by atoms with Gasteiger partial charge in [0.1, 0.15) is 0 Å². The molecular weight excluding hydrogens is 129 g/mol. The van der Waals surface area contributed by atoms with E-state index in [1.54, 1.807) is 0 Å². The van der Waals surface area contributed by atoms with Crippen LogP contribution in [0.1, 0.15) is 0 Å². The minimum Gasteiger partial charge on any atom is -0.269 e. The molecule has 0 aliphatic rings. The molecule has 0 bridgehead atoms. The van der Waals surface area contributed by atoms with Gasteiger partial charge in [0.05, 0.1) is 10.1 Å². The Bertz CT molecular complexity index is 142. The highest BCUT2D eigenvalue weighted by molar-refractivity contribution is 8.18. The molecule has 0 aromatic rings. The van der Waals surface area contributed by atoms with Gasteiger partial charge in [-0.2, -0.15) is 8.42 Å². The summed E-state index contributed by atoms with van der Waals surface area (Å²) in [4.78, 5) is 0. The lowest BCUT2D eigenvalue weighted by molar-refractivity contribution is 0.628. The summed E-state index contributed by atoms with van der Waals surface area (Å²) in [5, 5.41) is 0. The topological polar surface area (TPSA) is 58.0 Å². The molecule has 0 fully saturated rings. The fourth-order valence-electron chi connectivity index (χ4n) is 0. The first-order valence-corrected chi connectivity index (χ1v) is 3.11. The van der Waals surface area contributed by atoms with Crippen molar-refractivity contribution in [3.8, 4) is 0 Å². The smallest absolute Gasteiger partial charge is 0.269 e. The van der Waals surface area contributed by atoms with Crippen molar-refractivity contribution in [3.05, 3.63) is 0 Å². The largest absolute Gasteiger partial charge is 0.290 e. The average molecular weight is 131 g/mol. The zero-order valence-electron chi connectivity index (χ0n) is 2.54. The van der Waals surface area contributed by atoms with Gasteiger partial charge in [-0.15, -0.1) is 0 Å². The SMILES string of the molecule is F.N=S=S(=O)=O. The van der Waals surface area contributed by atoms with E-state index in [1.165, 1.54) is 0 Å². The van der Waals surface area contributed by atoms with Crippen molar-refractivity contribution in [1.82, 2.24) is 0 Å². The van der Waals surface area contributed by atoms with E-state index in [4.69, 9.17) is 13.2 Å². The summed E-state index contributed by atoms with van der Waals surface area (Å²) < 4.78 is 24.2. The summed E-state index contributed by atoms with van der Waals surface area (Å²) in [5.41, 5.74) is 0. The second-order valence-corrected chi connectivity index (χ2v) is 2.18. The maximum absolute atomic E-state index is 9.14. The zero-order valence-corrected chi connectivity index (χ0v) is 4.17. The predicted molar refractivity (Wildman–Crippen MR) is 21.5 cm³/mol. The van der Waals surface area contributed by atoms with Crippen LogP contribution in [-0.2, 0) is 19.4 Å². The van der Waals surface area contributed by atoms with Gasteiger partial charge in [0.2, 0.25) is 0 Å². The lowest BCUT2D eigenvalue weighted by Crippen LogP contribution is -1.40. The molecule has 0 aromatic carbocycles. The Morgan fingerprint density at radius 1 is 1.50 bits per heavy atom. The van der Waals surface area contributed by atoms with E-state index >= 15 is 0 Å². The maximum atomic E-state index is 9.14. The van der Waals surface area contributed by atoms with Gasteiger partial charge in [0.15, 0.2) is 0 Å². The number of halogens is 1. The molecule has 0 radical (unpaired) electrons. The van der Waals surface area contributed by atoms with E-state index in [0.717, 1.165) is 0 Å². The third kappa shape index (κ3) is 9.23. The van der Waals surface area contributed by atoms with Gasteiger partial charge in [-0.05, 0) is 0 Å². The van der Waals surface area contributed by atoms with Crippen LogP contribution in [0.5, 0.6) is 0 Å². The lowest BCUT2D eigenvalue weighted by Gasteiger charge is -1.24. The Morgan fingerprint density at radius 3 is 1.67 bits per heavy atom. The summed E-state index contributed by atoms with van der Waals surface area (Å²) in [7, 11) is -2.19. The first-order chi connectivity index (χ1) is 2.27. The molecule has 0 atom stereocenters. The summed E-state index contributed by atoms with van der Waals surface area (Å²) in [6.07, 6.45) is 0. The van der Waals surface area contributed by atoms with Crippen molar-refractivity contribution in [2.24, 2.45) is 0 Å². The summed E-state index contributed by atoms with van der Waals surface area (Å²) in [6, 6.07) is 0. The molecule has 3 nitrogen and oxygen atoms in total. The molecule has 1 N–H and O–H groups in total.